The maximum Gasteiger partial charge on any atom is 0.297 e. The molecule has 0 radical (unpaired) electrons. The van der Waals surface area contributed by atoms with E-state index in [2.05, 4.69) is 26.5 Å². The van der Waals surface area contributed by atoms with Gasteiger partial charge in [0.2, 0.25) is 14.9 Å². The summed E-state index contributed by atoms with van der Waals surface area (Å²) in [6.07, 6.45) is 0. The number of nitrogens with two attached hydrogens (primary N) is 1. The van der Waals surface area contributed by atoms with Gasteiger partial charge in [-0.15, -0.1) is 0 Å². The van der Waals surface area contributed by atoms with E-state index >= 15 is 0 Å². The summed E-state index contributed by atoms with van der Waals surface area (Å²) in [6, 6.07) is 12.9. The average Bonchev–Trinajstić information content (AvgIpc) is 2.56. The fourth-order valence-electron chi connectivity index (χ4n) is 1.76. The normalized spacial score (nSPS) is 11.9. The summed E-state index contributed by atoms with van der Waals surface area (Å²) in [7, 11) is -4.12. The van der Waals surface area contributed by atoms with Crippen molar-refractivity contribution in [2.75, 3.05) is 5.43 Å². The van der Waals surface area contributed by atoms with Gasteiger partial charge in [-0.05, 0) is 43.3 Å². The van der Waals surface area contributed by atoms with E-state index in [9.17, 15) is 13.2 Å². The molecule has 0 aliphatic rings. The monoisotopic (exact) mass is 410 g/mol. The molecule has 4 N–H and O–H groups in total. The molecule has 126 valence electrons. The minimum Gasteiger partial charge on any atom is -0.288 e. The molecular weight excluding hydrogens is 396 g/mol. The van der Waals surface area contributed by atoms with Crippen LogP contribution in [0.25, 0.3) is 0 Å². The Bertz CT molecular complexity index is 863. The van der Waals surface area contributed by atoms with Crippen molar-refractivity contribution < 1.29 is 13.2 Å². The van der Waals surface area contributed by atoms with Crippen LogP contribution in [0, 0.1) is 6.92 Å². The Morgan fingerprint density at radius 3 is 2.21 bits per heavy atom. The van der Waals surface area contributed by atoms with Gasteiger partial charge in [0.1, 0.15) is 0 Å². The first-order chi connectivity index (χ1) is 11.3. The number of hydrogen-bond donors (Lipinski definition) is 3. The predicted octanol–water partition coefficient (Wildman–Crippen LogP) is 1.95. The topological polar surface area (TPSA) is 114 Å². The molecule has 24 heavy (non-hydrogen) atoms. The fraction of sp³-hybridized carbons (Fsp3) is 0.0667. The SMILES string of the molecule is Cc1ccc(S(=O)(=O)/C(=N/Nc2ccc(Br)cc2)C(=O)NN)cc1. The van der Waals surface area contributed by atoms with Crippen molar-refractivity contribution in [2.24, 2.45) is 10.9 Å². The van der Waals surface area contributed by atoms with E-state index in [1.165, 1.54) is 12.1 Å². The fourth-order valence-corrected chi connectivity index (χ4v) is 3.21. The molecule has 7 nitrogen and oxygen atoms in total. The molecule has 0 unspecified atom stereocenters. The zero-order chi connectivity index (χ0) is 17.7. The molecule has 2 aromatic carbocycles. The number of nitrogens with zero attached hydrogens (tertiary/aromatic N) is 1. The van der Waals surface area contributed by atoms with Crippen LogP contribution in [0.1, 0.15) is 5.56 Å². The summed E-state index contributed by atoms with van der Waals surface area (Å²) in [5.74, 6) is 4.07. The van der Waals surface area contributed by atoms with E-state index in [4.69, 9.17) is 5.84 Å². The first-order valence-electron chi connectivity index (χ1n) is 6.76. The van der Waals surface area contributed by atoms with Gasteiger partial charge in [0.25, 0.3) is 5.91 Å². The number of carbonyl (C=O) groups is 1. The van der Waals surface area contributed by atoms with Crippen LogP contribution in [-0.2, 0) is 14.6 Å². The Hall–Kier alpha value is -2.23. The minimum absolute atomic E-state index is 0.0481. The number of hydrogen-bond acceptors (Lipinski definition) is 6. The van der Waals surface area contributed by atoms with Crippen LogP contribution in [0.5, 0.6) is 0 Å². The molecule has 0 aromatic heterocycles. The van der Waals surface area contributed by atoms with E-state index in [0.29, 0.717) is 5.69 Å². The second-order valence-electron chi connectivity index (χ2n) is 4.83. The van der Waals surface area contributed by atoms with Gasteiger partial charge in [-0.2, -0.15) is 5.10 Å². The van der Waals surface area contributed by atoms with Gasteiger partial charge in [-0.25, -0.2) is 14.3 Å². The quantitative estimate of drug-likeness (QED) is 0.235. The molecule has 0 spiro atoms. The number of hydrazine groups is 1. The number of rotatable bonds is 3. The zero-order valence-electron chi connectivity index (χ0n) is 12.7. The molecule has 9 heteroatoms. The molecule has 0 atom stereocenters. The van der Waals surface area contributed by atoms with Crippen molar-refractivity contribution in [3.8, 4) is 0 Å². The van der Waals surface area contributed by atoms with Crippen LogP contribution < -0.4 is 16.7 Å². The molecule has 1 amide bonds. The standard InChI is InChI=1S/C15H15BrN4O3S/c1-10-2-8-13(9-3-10)24(22,23)15(14(21)18-17)20-19-12-6-4-11(16)5-7-12/h2-9,19H,17H2,1H3,(H,18,21)/b20-15+. The van der Waals surface area contributed by atoms with Crippen LogP contribution in [0.2, 0.25) is 0 Å². The highest BCUT2D eigenvalue weighted by Gasteiger charge is 2.29. The summed E-state index contributed by atoms with van der Waals surface area (Å²) in [6.45, 7) is 1.83. The van der Waals surface area contributed by atoms with Gasteiger partial charge in [-0.3, -0.25) is 15.6 Å². The first-order valence-corrected chi connectivity index (χ1v) is 9.04. The number of nitrogens with one attached hydrogen (secondary N) is 2. The molecule has 0 aliphatic heterocycles. The summed E-state index contributed by atoms with van der Waals surface area (Å²) in [5.41, 5.74) is 5.75. The maximum absolute atomic E-state index is 12.6. The highest BCUT2D eigenvalue weighted by Crippen LogP contribution is 2.16. The number of anilines is 1. The van der Waals surface area contributed by atoms with Crippen molar-refractivity contribution in [1.82, 2.24) is 5.43 Å². The third kappa shape index (κ3) is 4.19. The van der Waals surface area contributed by atoms with Crippen molar-refractivity contribution in [2.45, 2.75) is 11.8 Å². The summed E-state index contributed by atoms with van der Waals surface area (Å²) in [4.78, 5) is 11.8. The lowest BCUT2D eigenvalue weighted by Gasteiger charge is -2.08. The van der Waals surface area contributed by atoms with Gasteiger partial charge < -0.3 is 0 Å². The number of sulfone groups is 1. The minimum atomic E-state index is -4.12. The maximum atomic E-state index is 12.6. The summed E-state index contributed by atoms with van der Waals surface area (Å²) in [5, 5.41) is 3.01. The number of amides is 1. The van der Waals surface area contributed by atoms with Gasteiger partial charge >= 0.3 is 0 Å². The zero-order valence-corrected chi connectivity index (χ0v) is 15.1. The Morgan fingerprint density at radius 2 is 1.67 bits per heavy atom. The van der Waals surface area contributed by atoms with Crippen molar-refractivity contribution in [1.29, 1.82) is 0 Å². The smallest absolute Gasteiger partial charge is 0.288 e. The predicted molar refractivity (Wildman–Crippen MR) is 95.9 cm³/mol. The third-order valence-electron chi connectivity index (χ3n) is 3.04. The number of hydrazone groups is 1. The van der Waals surface area contributed by atoms with Crippen LogP contribution in [0.3, 0.4) is 0 Å². The Morgan fingerprint density at radius 1 is 1.08 bits per heavy atom. The molecule has 0 saturated carbocycles. The molecule has 0 fully saturated rings. The second-order valence-corrected chi connectivity index (χ2v) is 7.61. The third-order valence-corrected chi connectivity index (χ3v) is 5.25. The Labute approximate surface area is 148 Å². The van der Waals surface area contributed by atoms with Gasteiger partial charge in [0.05, 0.1) is 10.6 Å². The van der Waals surface area contributed by atoms with Gasteiger partial charge in [-0.1, -0.05) is 33.6 Å². The molecule has 0 heterocycles. The second kappa shape index (κ2) is 7.56. The molecular formula is C15H15BrN4O3S. The van der Waals surface area contributed by atoms with Gasteiger partial charge in [0, 0.05) is 4.47 Å². The van der Waals surface area contributed by atoms with E-state index < -0.39 is 20.8 Å². The molecule has 0 bridgehead atoms. The van der Waals surface area contributed by atoms with Crippen LogP contribution in [0.4, 0.5) is 5.69 Å². The van der Waals surface area contributed by atoms with E-state index in [-0.39, 0.29) is 4.90 Å². The molecule has 2 aromatic rings. The summed E-state index contributed by atoms with van der Waals surface area (Å²) >= 11 is 3.29. The molecule has 0 aliphatic carbocycles. The lowest BCUT2D eigenvalue weighted by atomic mass is 10.2. The van der Waals surface area contributed by atoms with E-state index in [1.54, 1.807) is 41.8 Å². The van der Waals surface area contributed by atoms with Crippen LogP contribution in [0.15, 0.2) is 63.0 Å². The Balaban J connectivity index is 2.40. The molecule has 0 saturated heterocycles. The largest absolute Gasteiger partial charge is 0.297 e. The van der Waals surface area contributed by atoms with Crippen LogP contribution >= 0.6 is 15.9 Å². The number of carbonyl (C=O) groups excluding carboxylic acids is 1. The first kappa shape index (κ1) is 18.1. The summed E-state index contributed by atoms with van der Waals surface area (Å²) < 4.78 is 26.1. The van der Waals surface area contributed by atoms with Crippen LogP contribution in [-0.4, -0.2) is 19.4 Å². The van der Waals surface area contributed by atoms with E-state index in [0.717, 1.165) is 10.0 Å². The average molecular weight is 411 g/mol. The lowest BCUT2D eigenvalue weighted by molar-refractivity contribution is -0.114. The van der Waals surface area contributed by atoms with E-state index in [1.807, 2.05) is 6.92 Å². The number of halogens is 1. The Kier molecular flexibility index (Phi) is 5.71. The highest BCUT2D eigenvalue weighted by molar-refractivity contribution is 9.10. The van der Waals surface area contributed by atoms with Gasteiger partial charge in [0.15, 0.2) is 0 Å². The van der Waals surface area contributed by atoms with Crippen molar-refractivity contribution in [3.63, 3.8) is 0 Å². The van der Waals surface area contributed by atoms with Crippen molar-refractivity contribution in [3.05, 3.63) is 58.6 Å². The molecule has 2 rings (SSSR count). The van der Waals surface area contributed by atoms with Crippen molar-refractivity contribution >= 4 is 42.4 Å². The number of aryl methyl sites for hydroxylation is 1. The highest BCUT2D eigenvalue weighted by atomic mass is 79.9. The number of benzene rings is 2. The lowest BCUT2D eigenvalue weighted by Crippen LogP contribution is -2.40.